The lowest BCUT2D eigenvalue weighted by Crippen LogP contribution is -2.48. The zero-order valence-electron chi connectivity index (χ0n) is 17.5. The summed E-state index contributed by atoms with van der Waals surface area (Å²) in [7, 11) is -3.63. The Hall–Kier alpha value is -2.34. The third kappa shape index (κ3) is 5.13. The molecule has 152 valence electrons. The van der Waals surface area contributed by atoms with E-state index < -0.39 is 16.1 Å². The van der Waals surface area contributed by atoms with Crippen molar-refractivity contribution >= 4 is 21.6 Å². The molecule has 0 unspecified atom stereocenters. The van der Waals surface area contributed by atoms with Crippen LogP contribution in [-0.2, 0) is 14.8 Å². The van der Waals surface area contributed by atoms with E-state index in [1.165, 1.54) is 9.87 Å². The van der Waals surface area contributed by atoms with Crippen LogP contribution in [0.2, 0.25) is 0 Å². The fourth-order valence-electron chi connectivity index (χ4n) is 3.27. The molecule has 0 spiro atoms. The largest absolute Gasteiger partial charge is 0.347 e. The molecule has 2 atom stereocenters. The number of nitrogens with one attached hydrogen (secondary N) is 1. The average molecular weight is 403 g/mol. The molecule has 5 nitrogen and oxygen atoms in total. The van der Waals surface area contributed by atoms with Crippen LogP contribution in [0.15, 0.2) is 42.5 Å². The predicted octanol–water partition coefficient (Wildman–Crippen LogP) is 4.03. The van der Waals surface area contributed by atoms with Crippen LogP contribution in [-0.4, -0.2) is 26.6 Å². The zero-order chi connectivity index (χ0) is 21.1. The number of rotatable bonds is 7. The predicted molar refractivity (Wildman–Crippen MR) is 115 cm³/mol. The summed E-state index contributed by atoms with van der Waals surface area (Å²) >= 11 is 0. The van der Waals surface area contributed by atoms with E-state index in [0.717, 1.165) is 22.9 Å². The highest BCUT2D eigenvalue weighted by molar-refractivity contribution is 7.92. The number of amides is 1. The number of aryl methyl sites for hydroxylation is 3. The normalized spacial score (nSPS) is 13.6. The number of benzene rings is 2. The van der Waals surface area contributed by atoms with E-state index in [-0.39, 0.29) is 11.9 Å². The molecular weight excluding hydrogens is 372 g/mol. The van der Waals surface area contributed by atoms with E-state index in [1.54, 1.807) is 25.1 Å². The van der Waals surface area contributed by atoms with Crippen molar-refractivity contribution in [2.75, 3.05) is 10.6 Å². The Morgan fingerprint density at radius 2 is 1.75 bits per heavy atom. The van der Waals surface area contributed by atoms with Gasteiger partial charge in [0, 0.05) is 0 Å². The number of carbonyl (C=O) groups excluding carboxylic acids is 1. The Kier molecular flexibility index (Phi) is 6.88. The molecular formula is C22H30N2O3S. The molecule has 0 fully saturated rings. The van der Waals surface area contributed by atoms with Crippen molar-refractivity contribution in [2.45, 2.75) is 53.1 Å². The minimum Gasteiger partial charge on any atom is -0.347 e. The maximum Gasteiger partial charge on any atom is 0.244 e. The number of anilines is 1. The van der Waals surface area contributed by atoms with E-state index in [9.17, 15) is 13.2 Å². The molecule has 0 radical (unpaired) electrons. The molecule has 0 bridgehead atoms. The molecule has 28 heavy (non-hydrogen) atoms. The van der Waals surface area contributed by atoms with Crippen molar-refractivity contribution in [3.05, 3.63) is 64.7 Å². The molecule has 1 amide bonds. The van der Waals surface area contributed by atoms with Crippen LogP contribution in [0.1, 0.15) is 48.6 Å². The van der Waals surface area contributed by atoms with E-state index in [1.807, 2.05) is 45.9 Å². The van der Waals surface area contributed by atoms with E-state index in [4.69, 9.17) is 0 Å². The van der Waals surface area contributed by atoms with Crippen LogP contribution in [0.25, 0.3) is 0 Å². The number of hydrogen-bond acceptors (Lipinski definition) is 3. The summed E-state index contributed by atoms with van der Waals surface area (Å²) in [6, 6.07) is 12.2. The molecule has 0 heterocycles. The van der Waals surface area contributed by atoms with Crippen LogP contribution >= 0.6 is 0 Å². The Balaban J connectivity index is 2.30. The molecule has 2 aromatic rings. The summed E-state index contributed by atoms with van der Waals surface area (Å²) in [6.45, 7) is 9.60. The summed E-state index contributed by atoms with van der Waals surface area (Å²) in [4.78, 5) is 13.0. The second-order valence-corrected chi connectivity index (χ2v) is 9.25. The molecule has 0 aliphatic carbocycles. The van der Waals surface area contributed by atoms with Crippen LogP contribution in [0.3, 0.4) is 0 Å². The number of hydrogen-bond donors (Lipinski definition) is 1. The highest BCUT2D eigenvalue weighted by Crippen LogP contribution is 2.24. The number of nitrogens with zero attached hydrogens (tertiary/aromatic N) is 1. The van der Waals surface area contributed by atoms with Gasteiger partial charge < -0.3 is 5.32 Å². The average Bonchev–Trinajstić information content (AvgIpc) is 2.60. The first-order valence-corrected chi connectivity index (χ1v) is 11.3. The molecule has 0 aliphatic rings. The summed E-state index contributed by atoms with van der Waals surface area (Å²) in [5.41, 5.74) is 4.80. The van der Waals surface area contributed by atoms with Gasteiger partial charge in [-0.25, -0.2) is 8.42 Å². The monoisotopic (exact) mass is 402 g/mol. The second-order valence-electron chi connectivity index (χ2n) is 7.39. The van der Waals surface area contributed by atoms with Gasteiger partial charge >= 0.3 is 0 Å². The Morgan fingerprint density at radius 1 is 1.07 bits per heavy atom. The van der Waals surface area contributed by atoms with Gasteiger partial charge in [-0.3, -0.25) is 9.10 Å². The Labute approximate surface area is 168 Å². The number of carbonyl (C=O) groups is 1. The topological polar surface area (TPSA) is 66.5 Å². The summed E-state index contributed by atoms with van der Waals surface area (Å²) in [6.07, 6.45) is 1.84. The standard InChI is InChI=1S/C22H30N2O3S/c1-7-21(19-12-11-16(3)17(4)14-19)23-22(25)18(5)24(28(6,26)27)20-10-8-9-15(2)13-20/h8-14,18,21H,7H2,1-6H3,(H,23,25)/t18-,21-/m0/s1. The maximum absolute atomic E-state index is 13.0. The fraction of sp³-hybridized carbons (Fsp3) is 0.409. The Morgan fingerprint density at radius 3 is 2.29 bits per heavy atom. The SMILES string of the molecule is CC[C@H](NC(=O)[C@H](C)N(c1cccc(C)c1)S(C)(=O)=O)c1ccc(C)c(C)c1. The molecule has 2 rings (SSSR count). The fourth-order valence-corrected chi connectivity index (χ4v) is 4.44. The Bertz CT molecular complexity index is 954. The van der Waals surface area contributed by atoms with Crippen molar-refractivity contribution in [3.8, 4) is 0 Å². The van der Waals surface area contributed by atoms with Crippen molar-refractivity contribution in [2.24, 2.45) is 0 Å². The molecule has 1 N–H and O–H groups in total. The van der Waals surface area contributed by atoms with Gasteiger partial charge in [0.15, 0.2) is 0 Å². The molecule has 0 saturated carbocycles. The minimum atomic E-state index is -3.63. The molecule has 2 aromatic carbocycles. The first-order valence-electron chi connectivity index (χ1n) is 9.48. The van der Waals surface area contributed by atoms with Crippen LogP contribution in [0.4, 0.5) is 5.69 Å². The quantitative estimate of drug-likeness (QED) is 0.760. The van der Waals surface area contributed by atoms with Crippen LogP contribution in [0.5, 0.6) is 0 Å². The lowest BCUT2D eigenvalue weighted by atomic mass is 9.99. The van der Waals surface area contributed by atoms with Crippen LogP contribution in [0, 0.1) is 20.8 Å². The maximum atomic E-state index is 13.0. The number of sulfonamides is 1. The highest BCUT2D eigenvalue weighted by Gasteiger charge is 2.30. The van der Waals surface area contributed by atoms with Crippen molar-refractivity contribution < 1.29 is 13.2 Å². The van der Waals surface area contributed by atoms with Crippen molar-refractivity contribution in [1.82, 2.24) is 5.32 Å². The molecule has 0 aromatic heterocycles. The highest BCUT2D eigenvalue weighted by atomic mass is 32.2. The van der Waals surface area contributed by atoms with E-state index in [0.29, 0.717) is 12.1 Å². The third-order valence-corrected chi connectivity index (χ3v) is 6.24. The van der Waals surface area contributed by atoms with Gasteiger partial charge in [-0.15, -0.1) is 0 Å². The molecule has 0 saturated heterocycles. The lowest BCUT2D eigenvalue weighted by Gasteiger charge is -2.30. The molecule has 6 heteroatoms. The smallest absolute Gasteiger partial charge is 0.244 e. The van der Waals surface area contributed by atoms with Gasteiger partial charge in [0.05, 0.1) is 18.0 Å². The van der Waals surface area contributed by atoms with E-state index in [2.05, 4.69) is 11.4 Å². The summed E-state index contributed by atoms with van der Waals surface area (Å²) in [5.74, 6) is -0.322. The van der Waals surface area contributed by atoms with Crippen molar-refractivity contribution in [3.63, 3.8) is 0 Å². The van der Waals surface area contributed by atoms with Gasteiger partial charge in [0.1, 0.15) is 6.04 Å². The summed E-state index contributed by atoms with van der Waals surface area (Å²) < 4.78 is 26.1. The van der Waals surface area contributed by atoms with Gasteiger partial charge in [0.2, 0.25) is 15.9 Å². The summed E-state index contributed by atoms with van der Waals surface area (Å²) in [5, 5.41) is 3.02. The van der Waals surface area contributed by atoms with Gasteiger partial charge in [0.25, 0.3) is 0 Å². The van der Waals surface area contributed by atoms with Gasteiger partial charge in [-0.05, 0) is 68.5 Å². The molecule has 0 aliphatic heterocycles. The van der Waals surface area contributed by atoms with Crippen molar-refractivity contribution in [1.29, 1.82) is 0 Å². The second kappa shape index (κ2) is 8.78. The lowest BCUT2D eigenvalue weighted by molar-refractivity contribution is -0.122. The van der Waals surface area contributed by atoms with Gasteiger partial charge in [-0.1, -0.05) is 37.3 Å². The first-order chi connectivity index (χ1) is 13.0. The third-order valence-electron chi connectivity index (χ3n) is 5.00. The van der Waals surface area contributed by atoms with Gasteiger partial charge in [-0.2, -0.15) is 0 Å². The zero-order valence-corrected chi connectivity index (χ0v) is 18.3. The van der Waals surface area contributed by atoms with E-state index >= 15 is 0 Å². The minimum absolute atomic E-state index is 0.173. The first kappa shape index (κ1) is 22.0. The van der Waals surface area contributed by atoms with Crippen LogP contribution < -0.4 is 9.62 Å².